The van der Waals surface area contributed by atoms with Gasteiger partial charge in [0.15, 0.2) is 11.0 Å². The van der Waals surface area contributed by atoms with Crippen molar-refractivity contribution in [3.05, 3.63) is 10.4 Å². The highest BCUT2D eigenvalue weighted by Crippen LogP contribution is 2.37. The van der Waals surface area contributed by atoms with E-state index >= 15 is 0 Å². The van der Waals surface area contributed by atoms with Gasteiger partial charge in [0.1, 0.15) is 0 Å². The maximum atomic E-state index is 5.98. The van der Waals surface area contributed by atoms with E-state index in [9.17, 15) is 0 Å². The summed E-state index contributed by atoms with van der Waals surface area (Å²) in [7, 11) is 0. The molecule has 0 unspecified atom stereocenters. The molecule has 16 heavy (non-hydrogen) atoms. The summed E-state index contributed by atoms with van der Waals surface area (Å²) in [5.41, 5.74) is 0.404. The normalized spacial score (nSPS) is 22.5. The Balaban J connectivity index is 1.85. The van der Waals surface area contributed by atoms with Crippen molar-refractivity contribution in [3.63, 3.8) is 0 Å². The minimum atomic E-state index is 0.145. The molecule has 0 atom stereocenters. The summed E-state index contributed by atoms with van der Waals surface area (Å²) < 4.78 is 0. The van der Waals surface area contributed by atoms with Gasteiger partial charge in [0.05, 0.1) is 0 Å². The molecule has 2 aliphatic heterocycles. The first kappa shape index (κ1) is 10.5. The van der Waals surface area contributed by atoms with Gasteiger partial charge in [0.25, 0.3) is 0 Å². The monoisotopic (exact) mass is 259 g/mol. The average molecular weight is 260 g/mol. The van der Waals surface area contributed by atoms with Crippen LogP contribution in [0, 0.1) is 5.41 Å². The van der Waals surface area contributed by atoms with E-state index in [1.807, 2.05) is 0 Å². The molecule has 1 aromatic heterocycles. The average Bonchev–Trinajstić information content (AvgIpc) is 2.66. The van der Waals surface area contributed by atoms with Gasteiger partial charge in [-0.25, -0.2) is 0 Å². The van der Waals surface area contributed by atoms with Crippen molar-refractivity contribution in [1.29, 1.82) is 0 Å². The molecule has 7 heteroatoms. The fraction of sp³-hybridized carbons (Fsp3) is 0.667. The third-order valence-electron chi connectivity index (χ3n) is 3.34. The zero-order chi connectivity index (χ0) is 11.2. The van der Waals surface area contributed by atoms with E-state index in [1.165, 1.54) is 0 Å². The Morgan fingerprint density at radius 2 is 2.06 bits per heavy atom. The minimum Gasteiger partial charge on any atom is -0.353 e. The van der Waals surface area contributed by atoms with Crippen molar-refractivity contribution in [2.45, 2.75) is 6.42 Å². The maximum Gasteiger partial charge on any atom is 0.245 e. The number of nitrogens with zero attached hydrogens (tertiary/aromatic N) is 4. The van der Waals surface area contributed by atoms with Gasteiger partial charge in [-0.2, -0.15) is 4.98 Å². The Morgan fingerprint density at radius 1 is 1.25 bits per heavy atom. The molecule has 0 amide bonds. The second-order valence-corrected chi connectivity index (χ2v) is 5.17. The highest BCUT2D eigenvalue weighted by atomic mass is 35.5. The molecular formula is C9H11Cl2N5. The van der Waals surface area contributed by atoms with Crippen LogP contribution in [0.2, 0.25) is 10.4 Å². The van der Waals surface area contributed by atoms with Crippen molar-refractivity contribution >= 4 is 29.0 Å². The first-order valence-electron chi connectivity index (χ1n) is 5.20. The fourth-order valence-corrected chi connectivity index (χ4v) is 2.69. The van der Waals surface area contributed by atoms with Crippen LogP contribution in [0.25, 0.3) is 0 Å². The summed E-state index contributed by atoms with van der Waals surface area (Å²) >= 11 is 11.7. The van der Waals surface area contributed by atoms with Gasteiger partial charge in [-0.15, -0.1) is 10.2 Å². The molecular weight excluding hydrogens is 249 g/mol. The van der Waals surface area contributed by atoms with Gasteiger partial charge in [-0.3, -0.25) is 0 Å². The third-order valence-corrected chi connectivity index (χ3v) is 3.75. The van der Waals surface area contributed by atoms with Crippen LogP contribution in [-0.2, 0) is 0 Å². The number of hydrogen-bond donors (Lipinski definition) is 1. The van der Waals surface area contributed by atoms with Crippen LogP contribution in [0.15, 0.2) is 0 Å². The summed E-state index contributed by atoms with van der Waals surface area (Å²) in [6.45, 7) is 4.08. The van der Waals surface area contributed by atoms with Crippen molar-refractivity contribution in [1.82, 2.24) is 20.5 Å². The number of rotatable bonds is 1. The van der Waals surface area contributed by atoms with E-state index in [4.69, 9.17) is 23.2 Å². The van der Waals surface area contributed by atoms with Crippen LogP contribution >= 0.6 is 23.2 Å². The van der Waals surface area contributed by atoms with Gasteiger partial charge < -0.3 is 10.2 Å². The second-order valence-electron chi connectivity index (χ2n) is 4.47. The Bertz CT molecular complexity index is 420. The molecule has 3 heterocycles. The molecule has 0 saturated carbocycles. The molecule has 0 aromatic carbocycles. The van der Waals surface area contributed by atoms with Gasteiger partial charge >= 0.3 is 0 Å². The van der Waals surface area contributed by atoms with Crippen LogP contribution < -0.4 is 10.2 Å². The lowest BCUT2D eigenvalue weighted by molar-refractivity contribution is 0.199. The molecule has 2 aliphatic rings. The second kappa shape index (κ2) is 3.68. The zero-order valence-corrected chi connectivity index (χ0v) is 10.1. The van der Waals surface area contributed by atoms with Crippen molar-refractivity contribution in [2.24, 2.45) is 5.41 Å². The SMILES string of the molecule is Clc1nnc(Cl)c(N2CCC3(CNC3)C2)n1. The number of anilines is 1. The van der Waals surface area contributed by atoms with Gasteiger partial charge in [-0.1, -0.05) is 11.6 Å². The third kappa shape index (κ3) is 1.63. The Morgan fingerprint density at radius 3 is 2.69 bits per heavy atom. The molecule has 0 radical (unpaired) electrons. The van der Waals surface area contributed by atoms with Gasteiger partial charge in [0, 0.05) is 31.6 Å². The number of halogens is 2. The summed E-state index contributed by atoms with van der Waals surface area (Å²) in [5, 5.41) is 11.2. The predicted octanol–water partition coefficient (Wildman–Crippen LogP) is 0.978. The smallest absolute Gasteiger partial charge is 0.245 e. The highest BCUT2D eigenvalue weighted by Gasteiger charge is 2.43. The van der Waals surface area contributed by atoms with E-state index in [-0.39, 0.29) is 5.28 Å². The lowest BCUT2D eigenvalue weighted by Gasteiger charge is -2.39. The molecule has 2 fully saturated rings. The molecule has 1 aromatic rings. The molecule has 0 aliphatic carbocycles. The molecule has 3 rings (SSSR count). The first-order valence-corrected chi connectivity index (χ1v) is 5.96. The van der Waals surface area contributed by atoms with Crippen LogP contribution in [-0.4, -0.2) is 41.4 Å². The topological polar surface area (TPSA) is 53.9 Å². The number of hydrogen-bond acceptors (Lipinski definition) is 5. The lowest BCUT2D eigenvalue weighted by Crippen LogP contribution is -2.54. The number of nitrogens with one attached hydrogen (secondary N) is 1. The number of aromatic nitrogens is 3. The van der Waals surface area contributed by atoms with Gasteiger partial charge in [0.2, 0.25) is 5.28 Å². The lowest BCUT2D eigenvalue weighted by atomic mass is 9.81. The van der Waals surface area contributed by atoms with Crippen molar-refractivity contribution < 1.29 is 0 Å². The van der Waals surface area contributed by atoms with E-state index in [1.54, 1.807) is 0 Å². The molecule has 2 saturated heterocycles. The van der Waals surface area contributed by atoms with Crippen LogP contribution in [0.3, 0.4) is 0 Å². The zero-order valence-electron chi connectivity index (χ0n) is 8.58. The van der Waals surface area contributed by atoms with Crippen LogP contribution in [0.5, 0.6) is 0 Å². The van der Waals surface area contributed by atoms with Crippen LogP contribution in [0.1, 0.15) is 6.42 Å². The standard InChI is InChI=1S/C9H11Cl2N5/c10-6-7(13-8(11)15-14-6)16-2-1-9(5-16)3-12-4-9/h12H,1-5H2. The highest BCUT2D eigenvalue weighted by molar-refractivity contribution is 6.32. The van der Waals surface area contributed by atoms with Crippen LogP contribution in [0.4, 0.5) is 5.82 Å². The molecule has 86 valence electrons. The quantitative estimate of drug-likeness (QED) is 0.815. The van der Waals surface area contributed by atoms with Crippen molar-refractivity contribution in [3.8, 4) is 0 Å². The fourth-order valence-electron chi connectivity index (χ4n) is 2.37. The Kier molecular flexibility index (Phi) is 2.42. The summed E-state index contributed by atoms with van der Waals surface area (Å²) in [4.78, 5) is 6.29. The molecule has 5 nitrogen and oxygen atoms in total. The first-order chi connectivity index (χ1) is 7.69. The summed E-state index contributed by atoms with van der Waals surface area (Å²) in [6.07, 6.45) is 1.16. The molecule has 1 N–H and O–H groups in total. The maximum absolute atomic E-state index is 5.98. The van der Waals surface area contributed by atoms with Crippen molar-refractivity contribution in [2.75, 3.05) is 31.1 Å². The predicted molar refractivity (Wildman–Crippen MR) is 62.0 cm³/mol. The molecule has 1 spiro atoms. The van der Waals surface area contributed by atoms with E-state index in [2.05, 4.69) is 25.4 Å². The summed E-state index contributed by atoms with van der Waals surface area (Å²) in [6, 6.07) is 0. The van der Waals surface area contributed by atoms with E-state index < -0.39 is 0 Å². The minimum absolute atomic E-state index is 0.145. The Hall–Kier alpha value is -0.650. The van der Waals surface area contributed by atoms with E-state index in [0.717, 1.165) is 32.6 Å². The summed E-state index contributed by atoms with van der Waals surface area (Å²) in [5.74, 6) is 0.658. The van der Waals surface area contributed by atoms with Gasteiger partial charge in [-0.05, 0) is 18.0 Å². The Labute approximate surface area is 103 Å². The largest absolute Gasteiger partial charge is 0.353 e. The molecule has 0 bridgehead atoms. The van der Waals surface area contributed by atoms with E-state index in [0.29, 0.717) is 16.4 Å².